The second kappa shape index (κ2) is 8.05. The van der Waals surface area contributed by atoms with Crippen molar-refractivity contribution in [3.63, 3.8) is 0 Å². The summed E-state index contributed by atoms with van der Waals surface area (Å²) in [6.45, 7) is 2.03. The summed E-state index contributed by atoms with van der Waals surface area (Å²) in [7, 11) is 4.70. The number of nitrogens with zero attached hydrogens (tertiary/aromatic N) is 3. The minimum absolute atomic E-state index is 0.390. The minimum Gasteiger partial charge on any atom is -0.493 e. The maximum Gasteiger partial charge on any atom is 0.216 e. The molecule has 0 saturated carbocycles. The Morgan fingerprint density at radius 1 is 1.00 bits per heavy atom. The number of ether oxygens (including phenoxy) is 3. The number of hydrogen-bond acceptors (Lipinski definition) is 6. The highest BCUT2D eigenvalue weighted by Crippen LogP contribution is 2.39. The number of aryl methyl sites for hydroxylation is 1. The average molecular weight is 384 g/mol. The highest BCUT2D eigenvalue weighted by molar-refractivity contribution is 7.71. The Morgan fingerprint density at radius 3 is 2.33 bits per heavy atom. The van der Waals surface area contributed by atoms with Gasteiger partial charge in [-0.3, -0.25) is 0 Å². The van der Waals surface area contributed by atoms with Gasteiger partial charge in [0.15, 0.2) is 17.3 Å². The Balaban J connectivity index is 2.04. The smallest absolute Gasteiger partial charge is 0.216 e. The Bertz CT molecular complexity index is 1020. The van der Waals surface area contributed by atoms with Gasteiger partial charge in [-0.2, -0.15) is 14.9 Å². The zero-order valence-corrected chi connectivity index (χ0v) is 16.3. The van der Waals surface area contributed by atoms with E-state index >= 15 is 0 Å². The van der Waals surface area contributed by atoms with E-state index in [4.69, 9.17) is 26.4 Å². The van der Waals surface area contributed by atoms with Crippen molar-refractivity contribution >= 4 is 18.4 Å². The predicted molar refractivity (Wildman–Crippen MR) is 107 cm³/mol. The fraction of sp³-hybridized carbons (Fsp3) is 0.211. The van der Waals surface area contributed by atoms with Gasteiger partial charge < -0.3 is 14.2 Å². The molecule has 8 heteroatoms. The van der Waals surface area contributed by atoms with E-state index in [0.717, 1.165) is 11.1 Å². The molecule has 0 saturated heterocycles. The SMILES string of the molecule is COc1ccc(/C=N/n2c(-c3ccc(C)cc3)n[nH]c2=S)c(OC)c1OC. The molecule has 1 heterocycles. The topological polar surface area (TPSA) is 73.7 Å². The molecule has 0 aliphatic rings. The zero-order chi connectivity index (χ0) is 19.4. The molecule has 0 bridgehead atoms. The van der Waals surface area contributed by atoms with Gasteiger partial charge in [-0.05, 0) is 31.3 Å². The van der Waals surface area contributed by atoms with Gasteiger partial charge in [0, 0.05) is 11.1 Å². The van der Waals surface area contributed by atoms with Gasteiger partial charge in [0.2, 0.25) is 10.5 Å². The van der Waals surface area contributed by atoms with Crippen LogP contribution in [0, 0.1) is 11.7 Å². The van der Waals surface area contributed by atoms with Gasteiger partial charge in [0.05, 0.1) is 27.5 Å². The number of aromatic nitrogens is 3. The number of H-pyrrole nitrogens is 1. The van der Waals surface area contributed by atoms with Gasteiger partial charge in [0.25, 0.3) is 0 Å². The fourth-order valence-corrected chi connectivity index (χ4v) is 2.81. The molecule has 3 rings (SSSR count). The molecule has 3 aromatic rings. The molecule has 2 aromatic carbocycles. The van der Waals surface area contributed by atoms with E-state index in [2.05, 4.69) is 15.3 Å². The quantitative estimate of drug-likeness (QED) is 0.517. The maximum atomic E-state index is 5.48. The third-order valence-corrected chi connectivity index (χ3v) is 4.27. The lowest BCUT2D eigenvalue weighted by molar-refractivity contribution is 0.324. The molecule has 0 fully saturated rings. The van der Waals surface area contributed by atoms with Crippen molar-refractivity contribution in [3.05, 3.63) is 52.3 Å². The first-order chi connectivity index (χ1) is 13.1. The van der Waals surface area contributed by atoms with Gasteiger partial charge in [-0.1, -0.05) is 29.8 Å². The van der Waals surface area contributed by atoms with E-state index in [9.17, 15) is 0 Å². The van der Waals surface area contributed by atoms with Crippen molar-refractivity contribution in [3.8, 4) is 28.6 Å². The molecule has 1 aromatic heterocycles. The predicted octanol–water partition coefficient (Wildman–Crippen LogP) is 3.82. The van der Waals surface area contributed by atoms with Gasteiger partial charge in [-0.25, -0.2) is 5.10 Å². The number of benzene rings is 2. The molecule has 27 heavy (non-hydrogen) atoms. The molecule has 140 valence electrons. The number of nitrogens with one attached hydrogen (secondary N) is 1. The maximum absolute atomic E-state index is 5.48. The van der Waals surface area contributed by atoms with E-state index in [1.807, 2.05) is 37.3 Å². The molecule has 0 unspecified atom stereocenters. The molecule has 0 radical (unpaired) electrons. The van der Waals surface area contributed by atoms with Crippen molar-refractivity contribution in [2.45, 2.75) is 6.92 Å². The Hall–Kier alpha value is -3.13. The fourth-order valence-electron chi connectivity index (χ4n) is 2.63. The molecular formula is C19H20N4O3S. The van der Waals surface area contributed by atoms with E-state index in [1.54, 1.807) is 38.3 Å². The Morgan fingerprint density at radius 2 is 1.70 bits per heavy atom. The van der Waals surface area contributed by atoms with Crippen molar-refractivity contribution in [1.82, 2.24) is 14.9 Å². The van der Waals surface area contributed by atoms with E-state index in [-0.39, 0.29) is 0 Å². The van der Waals surface area contributed by atoms with Crippen LogP contribution in [0.4, 0.5) is 0 Å². The highest BCUT2D eigenvalue weighted by atomic mass is 32.1. The van der Waals surface area contributed by atoms with Crippen LogP contribution in [-0.4, -0.2) is 42.4 Å². The molecule has 7 nitrogen and oxygen atoms in total. The normalized spacial score (nSPS) is 11.0. The second-order valence-corrected chi connectivity index (χ2v) is 6.09. The third-order valence-electron chi connectivity index (χ3n) is 4.01. The lowest BCUT2D eigenvalue weighted by Crippen LogP contribution is -2.00. The van der Waals surface area contributed by atoms with Crippen LogP contribution >= 0.6 is 12.2 Å². The molecule has 0 aliphatic carbocycles. The van der Waals surface area contributed by atoms with E-state index in [1.165, 1.54) is 0 Å². The lowest BCUT2D eigenvalue weighted by atomic mass is 10.1. The van der Waals surface area contributed by atoms with Crippen molar-refractivity contribution in [2.75, 3.05) is 21.3 Å². The van der Waals surface area contributed by atoms with Crippen molar-refractivity contribution in [1.29, 1.82) is 0 Å². The summed E-state index contributed by atoms with van der Waals surface area (Å²) >= 11 is 5.32. The van der Waals surface area contributed by atoms with Crippen LogP contribution in [0.2, 0.25) is 0 Å². The van der Waals surface area contributed by atoms with Crippen LogP contribution in [0.1, 0.15) is 11.1 Å². The minimum atomic E-state index is 0.390. The van der Waals surface area contributed by atoms with Crippen LogP contribution in [0.25, 0.3) is 11.4 Å². The molecule has 1 N–H and O–H groups in total. The monoisotopic (exact) mass is 384 g/mol. The molecule has 0 atom stereocenters. The van der Waals surface area contributed by atoms with Crippen LogP contribution in [0.3, 0.4) is 0 Å². The average Bonchev–Trinajstić information content (AvgIpc) is 3.06. The Kier molecular flexibility index (Phi) is 5.56. The molecule has 0 aliphatic heterocycles. The highest BCUT2D eigenvalue weighted by Gasteiger charge is 2.15. The summed E-state index contributed by atoms with van der Waals surface area (Å²) in [5.41, 5.74) is 2.79. The summed E-state index contributed by atoms with van der Waals surface area (Å²) in [4.78, 5) is 0. The molecule has 0 amide bonds. The van der Waals surface area contributed by atoms with Crippen LogP contribution in [-0.2, 0) is 0 Å². The van der Waals surface area contributed by atoms with Gasteiger partial charge in [-0.15, -0.1) is 0 Å². The van der Waals surface area contributed by atoms with Crippen LogP contribution in [0.5, 0.6) is 17.2 Å². The number of aromatic amines is 1. The van der Waals surface area contributed by atoms with Gasteiger partial charge in [0.1, 0.15) is 0 Å². The molecule has 0 spiro atoms. The van der Waals surface area contributed by atoms with E-state index in [0.29, 0.717) is 33.4 Å². The van der Waals surface area contributed by atoms with Crippen molar-refractivity contribution in [2.24, 2.45) is 5.10 Å². The summed E-state index contributed by atoms with van der Waals surface area (Å²) < 4.78 is 18.1. The molecular weight excluding hydrogens is 364 g/mol. The Labute approximate surface area is 162 Å². The number of rotatable bonds is 6. The third kappa shape index (κ3) is 3.70. The zero-order valence-electron chi connectivity index (χ0n) is 15.5. The summed E-state index contributed by atoms with van der Waals surface area (Å²) in [5, 5.41) is 11.6. The summed E-state index contributed by atoms with van der Waals surface area (Å²) in [6.07, 6.45) is 1.64. The number of methoxy groups -OCH3 is 3. The van der Waals surface area contributed by atoms with E-state index < -0.39 is 0 Å². The first kappa shape index (κ1) is 18.7. The largest absolute Gasteiger partial charge is 0.493 e. The first-order valence-corrected chi connectivity index (χ1v) is 8.57. The summed E-state index contributed by atoms with van der Waals surface area (Å²) in [5.74, 6) is 2.22. The first-order valence-electron chi connectivity index (χ1n) is 8.16. The standard InChI is InChI=1S/C19H20N4O3S/c1-12-5-7-13(8-6-12)18-21-22-19(27)23(18)20-11-14-9-10-15(24-2)17(26-4)16(14)25-3/h5-11H,1-4H3,(H,22,27)/b20-11+. The van der Waals surface area contributed by atoms with Crippen LogP contribution in [0.15, 0.2) is 41.5 Å². The second-order valence-electron chi connectivity index (χ2n) is 5.70. The lowest BCUT2D eigenvalue weighted by Gasteiger charge is -2.13. The summed E-state index contributed by atoms with van der Waals surface area (Å²) in [6, 6.07) is 11.6. The van der Waals surface area contributed by atoms with Crippen LogP contribution < -0.4 is 14.2 Å². The van der Waals surface area contributed by atoms with Gasteiger partial charge >= 0.3 is 0 Å². The number of hydrogen-bond donors (Lipinski definition) is 1. The van der Waals surface area contributed by atoms with Crippen molar-refractivity contribution < 1.29 is 14.2 Å².